The Morgan fingerprint density at radius 3 is 2.80 bits per heavy atom. The first kappa shape index (κ1) is 15.9. The first-order valence-corrected chi connectivity index (χ1v) is 8.49. The third kappa shape index (κ3) is 3.44. The van der Waals surface area contributed by atoms with E-state index in [1.54, 1.807) is 24.4 Å². The Bertz CT molecular complexity index is 744. The Labute approximate surface area is 146 Å². The van der Waals surface area contributed by atoms with E-state index in [9.17, 15) is 4.79 Å². The van der Waals surface area contributed by atoms with Crippen molar-refractivity contribution in [2.75, 3.05) is 20.0 Å². The third-order valence-corrected chi connectivity index (χ3v) is 4.70. The van der Waals surface area contributed by atoms with Crippen LogP contribution in [0.2, 0.25) is 0 Å². The van der Waals surface area contributed by atoms with Crippen LogP contribution in [-0.4, -0.2) is 30.9 Å². The highest BCUT2D eigenvalue weighted by molar-refractivity contribution is 5.95. The zero-order chi connectivity index (χ0) is 17.1. The van der Waals surface area contributed by atoms with Crippen LogP contribution in [0, 0.1) is 5.92 Å². The van der Waals surface area contributed by atoms with E-state index < -0.39 is 0 Å². The fraction of sp³-hybridized carbons (Fsp3) is 0.368. The summed E-state index contributed by atoms with van der Waals surface area (Å²) < 4.78 is 16.1. The van der Waals surface area contributed by atoms with Crippen molar-refractivity contribution >= 4 is 5.91 Å². The second kappa shape index (κ2) is 7.11. The van der Waals surface area contributed by atoms with Crippen LogP contribution in [0.25, 0.3) is 0 Å². The number of benzene rings is 1. The van der Waals surface area contributed by atoms with Gasteiger partial charge in [-0.3, -0.25) is 9.78 Å². The topological polar surface area (TPSA) is 69.7 Å². The van der Waals surface area contributed by atoms with Crippen molar-refractivity contribution < 1.29 is 19.0 Å². The molecule has 1 atom stereocenters. The molecular weight excluding hydrogens is 320 g/mol. The van der Waals surface area contributed by atoms with Gasteiger partial charge in [-0.25, -0.2) is 0 Å². The number of nitrogens with zero attached hydrogens (tertiary/aromatic N) is 1. The second-order valence-electron chi connectivity index (χ2n) is 6.26. The van der Waals surface area contributed by atoms with Crippen molar-refractivity contribution in [2.45, 2.75) is 18.9 Å². The van der Waals surface area contributed by atoms with E-state index in [4.69, 9.17) is 14.2 Å². The molecule has 25 heavy (non-hydrogen) atoms. The zero-order valence-electron chi connectivity index (χ0n) is 13.8. The van der Waals surface area contributed by atoms with Crippen molar-refractivity contribution in [1.82, 2.24) is 10.3 Å². The summed E-state index contributed by atoms with van der Waals surface area (Å²) in [5.74, 6) is 1.48. The summed E-state index contributed by atoms with van der Waals surface area (Å²) in [4.78, 5) is 17.0. The van der Waals surface area contributed by atoms with Gasteiger partial charge in [0.2, 0.25) is 6.79 Å². The van der Waals surface area contributed by atoms with E-state index in [0.29, 0.717) is 23.0 Å². The van der Waals surface area contributed by atoms with E-state index >= 15 is 0 Å². The van der Waals surface area contributed by atoms with Crippen LogP contribution in [0.5, 0.6) is 11.5 Å². The molecule has 0 saturated carbocycles. The minimum atomic E-state index is -0.126. The van der Waals surface area contributed by atoms with Crippen molar-refractivity contribution in [2.24, 2.45) is 5.92 Å². The summed E-state index contributed by atoms with van der Waals surface area (Å²) in [5.41, 5.74) is 1.58. The average molecular weight is 340 g/mol. The Morgan fingerprint density at radius 1 is 1.16 bits per heavy atom. The van der Waals surface area contributed by atoms with Gasteiger partial charge in [-0.15, -0.1) is 0 Å². The molecule has 1 aromatic heterocycles. The first-order valence-electron chi connectivity index (χ1n) is 8.49. The first-order chi connectivity index (χ1) is 12.3. The molecule has 0 spiro atoms. The van der Waals surface area contributed by atoms with Crippen molar-refractivity contribution in [3.63, 3.8) is 0 Å². The number of pyridine rings is 1. The normalized spacial score (nSPS) is 17.9. The zero-order valence-corrected chi connectivity index (χ0v) is 13.8. The quantitative estimate of drug-likeness (QED) is 0.927. The molecule has 6 heteroatoms. The van der Waals surface area contributed by atoms with E-state index in [2.05, 4.69) is 10.3 Å². The monoisotopic (exact) mass is 340 g/mol. The third-order valence-electron chi connectivity index (χ3n) is 4.70. The average Bonchev–Trinajstić information content (AvgIpc) is 3.15. The van der Waals surface area contributed by atoms with Gasteiger partial charge in [0, 0.05) is 31.2 Å². The molecule has 1 saturated heterocycles. The van der Waals surface area contributed by atoms with E-state index in [1.807, 2.05) is 18.3 Å². The van der Waals surface area contributed by atoms with Gasteiger partial charge in [0.05, 0.1) is 6.04 Å². The summed E-state index contributed by atoms with van der Waals surface area (Å²) in [6, 6.07) is 9.07. The van der Waals surface area contributed by atoms with Crippen LogP contribution in [0.1, 0.15) is 34.8 Å². The maximum Gasteiger partial charge on any atom is 0.251 e. The molecule has 3 heterocycles. The van der Waals surface area contributed by atoms with Gasteiger partial charge >= 0.3 is 0 Å². The summed E-state index contributed by atoms with van der Waals surface area (Å²) in [7, 11) is 0. The Kier molecular flexibility index (Phi) is 4.52. The van der Waals surface area contributed by atoms with Gasteiger partial charge < -0.3 is 19.5 Å². The summed E-state index contributed by atoms with van der Waals surface area (Å²) in [6.45, 7) is 1.64. The van der Waals surface area contributed by atoms with Gasteiger partial charge in [0.1, 0.15) is 0 Å². The van der Waals surface area contributed by atoms with Gasteiger partial charge in [0.25, 0.3) is 5.91 Å². The van der Waals surface area contributed by atoms with E-state index in [-0.39, 0.29) is 18.7 Å². The number of ether oxygens (including phenoxy) is 3. The molecule has 0 radical (unpaired) electrons. The number of aromatic nitrogens is 1. The number of carbonyl (C=O) groups excluding carboxylic acids is 1. The number of hydrogen-bond acceptors (Lipinski definition) is 5. The fourth-order valence-corrected chi connectivity index (χ4v) is 3.34. The lowest BCUT2D eigenvalue weighted by molar-refractivity contribution is 0.0513. The predicted octanol–water partition coefficient (Wildman–Crippen LogP) is 2.71. The smallest absolute Gasteiger partial charge is 0.251 e. The minimum absolute atomic E-state index is 0.0875. The molecular formula is C19H20N2O4. The number of carbonyl (C=O) groups is 1. The van der Waals surface area contributed by atoms with Gasteiger partial charge in [0.15, 0.2) is 11.5 Å². The molecule has 0 unspecified atom stereocenters. The van der Waals surface area contributed by atoms with Crippen molar-refractivity contribution in [3.05, 3.63) is 53.9 Å². The molecule has 4 rings (SSSR count). The standard InChI is InChI=1S/C19H20N2O4/c22-19(14-3-4-16-17(10-14)25-12-24-16)21-18(13-5-8-23-9-6-13)15-2-1-7-20-11-15/h1-4,7,10-11,13,18H,5-6,8-9,12H2,(H,21,22)/t18-/m1/s1. The Balaban J connectivity index is 1.56. The maximum absolute atomic E-state index is 12.8. The Hall–Kier alpha value is -2.60. The number of amides is 1. The van der Waals surface area contributed by atoms with Crippen molar-refractivity contribution in [3.8, 4) is 11.5 Å². The maximum atomic E-state index is 12.8. The summed E-state index contributed by atoms with van der Waals surface area (Å²) >= 11 is 0. The molecule has 1 fully saturated rings. The van der Waals surface area contributed by atoms with Crippen LogP contribution < -0.4 is 14.8 Å². The highest BCUT2D eigenvalue weighted by Gasteiger charge is 2.28. The van der Waals surface area contributed by atoms with Gasteiger partial charge in [-0.2, -0.15) is 0 Å². The molecule has 0 aliphatic carbocycles. The Morgan fingerprint density at radius 2 is 2.00 bits per heavy atom. The number of rotatable bonds is 4. The highest BCUT2D eigenvalue weighted by Crippen LogP contribution is 2.33. The van der Waals surface area contributed by atoms with Gasteiger partial charge in [-0.1, -0.05) is 6.07 Å². The van der Waals surface area contributed by atoms with Crippen LogP contribution in [-0.2, 0) is 4.74 Å². The molecule has 0 bridgehead atoms. The molecule has 1 N–H and O–H groups in total. The molecule has 6 nitrogen and oxygen atoms in total. The number of nitrogens with one attached hydrogen (secondary N) is 1. The fourth-order valence-electron chi connectivity index (χ4n) is 3.34. The van der Waals surface area contributed by atoms with Crippen LogP contribution in [0.3, 0.4) is 0 Å². The molecule has 1 amide bonds. The van der Waals surface area contributed by atoms with Crippen LogP contribution in [0.15, 0.2) is 42.7 Å². The van der Waals surface area contributed by atoms with Crippen LogP contribution >= 0.6 is 0 Å². The molecule has 2 aliphatic rings. The van der Waals surface area contributed by atoms with Gasteiger partial charge in [-0.05, 0) is 48.6 Å². The lowest BCUT2D eigenvalue weighted by Crippen LogP contribution is -2.36. The largest absolute Gasteiger partial charge is 0.454 e. The van der Waals surface area contributed by atoms with E-state index in [0.717, 1.165) is 31.6 Å². The predicted molar refractivity (Wildman–Crippen MR) is 90.6 cm³/mol. The molecule has 2 aromatic rings. The minimum Gasteiger partial charge on any atom is -0.454 e. The lowest BCUT2D eigenvalue weighted by Gasteiger charge is -2.31. The van der Waals surface area contributed by atoms with E-state index in [1.165, 1.54) is 0 Å². The molecule has 130 valence electrons. The summed E-state index contributed by atoms with van der Waals surface area (Å²) in [6.07, 6.45) is 5.40. The molecule has 2 aliphatic heterocycles. The highest BCUT2D eigenvalue weighted by atomic mass is 16.7. The SMILES string of the molecule is O=C(N[C@@H](c1cccnc1)C1CCOCC1)c1ccc2c(c1)OCO2. The van der Waals surface area contributed by atoms with Crippen LogP contribution in [0.4, 0.5) is 0 Å². The number of fused-ring (bicyclic) bond motifs is 1. The lowest BCUT2D eigenvalue weighted by atomic mass is 9.87. The summed E-state index contributed by atoms with van der Waals surface area (Å²) in [5, 5.41) is 3.18. The second-order valence-corrected chi connectivity index (χ2v) is 6.26. The van der Waals surface area contributed by atoms with Crippen molar-refractivity contribution in [1.29, 1.82) is 0 Å². The molecule has 1 aromatic carbocycles. The number of hydrogen-bond donors (Lipinski definition) is 1.